The van der Waals surface area contributed by atoms with E-state index in [1.165, 1.54) is 50.1 Å². The number of ketones is 2. The first-order chi connectivity index (χ1) is 25.5. The number of aliphatic hydroxyl groups is 1. The lowest BCUT2D eigenvalue weighted by molar-refractivity contribution is -0.141. The fourth-order valence-electron chi connectivity index (χ4n) is 5.60. The van der Waals surface area contributed by atoms with E-state index >= 15 is 0 Å². The van der Waals surface area contributed by atoms with Gasteiger partial charge in [-0.2, -0.15) is 0 Å². The molecule has 1 aliphatic heterocycles. The van der Waals surface area contributed by atoms with Gasteiger partial charge in [0.1, 0.15) is 12.1 Å². The predicted molar refractivity (Wildman–Crippen MR) is 219 cm³/mol. The van der Waals surface area contributed by atoms with Gasteiger partial charge in [0.05, 0.1) is 36.7 Å². The van der Waals surface area contributed by atoms with E-state index in [-0.39, 0.29) is 40.6 Å². The van der Waals surface area contributed by atoms with Crippen molar-refractivity contribution in [2.24, 2.45) is 17.6 Å². The van der Waals surface area contributed by atoms with E-state index in [2.05, 4.69) is 26.6 Å². The maximum atomic E-state index is 13.8. The van der Waals surface area contributed by atoms with Crippen LogP contribution in [0.1, 0.15) is 93.4 Å². The lowest BCUT2D eigenvalue weighted by Gasteiger charge is -2.29. The van der Waals surface area contributed by atoms with Gasteiger partial charge in [-0.15, -0.1) is 0 Å². The molecule has 0 radical (unpaired) electrons. The molecule has 8 atom stereocenters. The minimum Gasteiger partial charge on any atom is -0.481 e. The SMILES string of the molecule is CCCC(CCC)N[C@H]1CSSC[C@H](N)C(=O)N[C@@H](CC(=O)O)C(=O)N[C@H](C(=O)C(C)CCC)CSSC[C@@H](C(=O)C(C)C)NC(=O)[C@H]([C@@H](C)O)NC1=O. The summed E-state index contributed by atoms with van der Waals surface area (Å²) in [4.78, 5) is 92.5. The zero-order valence-corrected chi connectivity index (χ0v) is 35.8. The van der Waals surface area contributed by atoms with Gasteiger partial charge in [-0.3, -0.25) is 33.6 Å². The topological polar surface area (TPSA) is 246 Å². The molecule has 4 amide bonds. The lowest BCUT2D eigenvalue weighted by atomic mass is 9.96. The number of amides is 4. The fourth-order valence-corrected chi connectivity index (χ4v) is 10.3. The van der Waals surface area contributed by atoms with Crippen LogP contribution in [-0.2, 0) is 33.6 Å². The molecule has 15 nitrogen and oxygen atoms in total. The zero-order chi connectivity index (χ0) is 41.0. The molecular weight excluding hydrogens is 777 g/mol. The molecule has 0 spiro atoms. The first-order valence-electron chi connectivity index (χ1n) is 18.7. The van der Waals surface area contributed by atoms with Crippen molar-refractivity contribution in [2.75, 3.05) is 23.0 Å². The highest BCUT2D eigenvalue weighted by atomic mass is 33.1. The maximum absolute atomic E-state index is 13.8. The number of carbonyl (C=O) groups is 7. The summed E-state index contributed by atoms with van der Waals surface area (Å²) in [6, 6.07) is -6.89. The average Bonchev–Trinajstić information content (AvgIpc) is 3.10. The number of carbonyl (C=O) groups excluding carboxylic acids is 6. The second-order valence-corrected chi connectivity index (χ2v) is 19.0. The van der Waals surface area contributed by atoms with Gasteiger partial charge >= 0.3 is 5.97 Å². The Labute approximate surface area is 335 Å². The van der Waals surface area contributed by atoms with Crippen LogP contribution < -0.4 is 32.3 Å². The first-order valence-corrected chi connectivity index (χ1v) is 23.6. The highest BCUT2D eigenvalue weighted by Gasteiger charge is 2.35. The number of nitrogens with two attached hydrogens (primary N) is 1. The van der Waals surface area contributed by atoms with Crippen LogP contribution in [0.2, 0.25) is 0 Å². The van der Waals surface area contributed by atoms with Crippen molar-refractivity contribution in [2.45, 2.75) is 142 Å². The van der Waals surface area contributed by atoms with Crippen molar-refractivity contribution in [3.63, 3.8) is 0 Å². The van der Waals surface area contributed by atoms with Gasteiger partial charge in [-0.25, -0.2) is 0 Å². The Hall–Kier alpha value is -2.03. The summed E-state index contributed by atoms with van der Waals surface area (Å²) in [5.74, 6) is -5.32. The molecule has 0 aliphatic carbocycles. The molecule has 1 heterocycles. The van der Waals surface area contributed by atoms with Crippen LogP contribution >= 0.6 is 43.2 Å². The minimum atomic E-state index is -1.51. The molecule has 54 heavy (non-hydrogen) atoms. The third-order valence-electron chi connectivity index (χ3n) is 8.65. The van der Waals surface area contributed by atoms with Crippen molar-refractivity contribution in [1.82, 2.24) is 26.6 Å². The zero-order valence-electron chi connectivity index (χ0n) is 32.5. The lowest BCUT2D eigenvalue weighted by Crippen LogP contribution is -2.60. The number of Topliss-reactive ketones (excluding diaryl/α,β-unsaturated/α-hetero) is 2. The number of nitrogens with one attached hydrogen (secondary N) is 5. The van der Waals surface area contributed by atoms with Crippen LogP contribution in [-0.4, -0.2) is 123 Å². The standard InChI is InChI=1S/C35H62N6O9S4/c1-8-11-20(6)31(46)26-17-53-52-16-25(30(45)19(4)5)40-35(50)29(21(7)42)41-34(49)27(37-22(12-9-2)13-10-3)18-54-51-15-23(36)32(47)38-24(14-28(43)44)33(48)39-26/h19-27,29,37,42H,8-18,36H2,1-7H3,(H,38,47)(H,39,48)(H,40,50)(H,41,49)(H,43,44)/t20?,21-,23+,24+,25+,26+,27+,29+/m1/s1. The molecule has 1 saturated heterocycles. The number of aliphatic hydroxyl groups excluding tert-OH is 1. The van der Waals surface area contributed by atoms with Gasteiger partial charge in [0, 0.05) is 40.9 Å². The highest BCUT2D eigenvalue weighted by molar-refractivity contribution is 8.77. The van der Waals surface area contributed by atoms with E-state index < -0.39 is 90.2 Å². The number of rotatable bonds is 15. The third-order valence-corrected chi connectivity index (χ3v) is 13.5. The molecule has 0 aromatic rings. The molecule has 0 aromatic heterocycles. The Morgan fingerprint density at radius 3 is 1.76 bits per heavy atom. The van der Waals surface area contributed by atoms with E-state index in [0.29, 0.717) is 12.8 Å². The van der Waals surface area contributed by atoms with Crippen LogP contribution in [0.25, 0.3) is 0 Å². The average molecular weight is 839 g/mol. The monoisotopic (exact) mass is 838 g/mol. The summed E-state index contributed by atoms with van der Waals surface area (Å²) in [6.07, 6.45) is 2.55. The number of hydrogen-bond acceptors (Lipinski definition) is 14. The Balaban J connectivity index is 3.55. The van der Waals surface area contributed by atoms with Crippen LogP contribution in [0.3, 0.4) is 0 Å². The Bertz CT molecular complexity index is 1240. The second kappa shape index (κ2) is 26.8. The highest BCUT2D eigenvalue weighted by Crippen LogP contribution is 2.26. The molecule has 1 aliphatic rings. The largest absolute Gasteiger partial charge is 0.481 e. The molecule has 19 heteroatoms. The third kappa shape index (κ3) is 18.3. The molecule has 310 valence electrons. The predicted octanol–water partition coefficient (Wildman–Crippen LogP) is 2.04. The fraction of sp³-hybridized carbons (Fsp3) is 0.800. The van der Waals surface area contributed by atoms with Crippen molar-refractivity contribution in [3.8, 4) is 0 Å². The quantitative estimate of drug-likeness (QED) is 0.110. The molecule has 9 N–H and O–H groups in total. The van der Waals surface area contributed by atoms with E-state index in [9.17, 15) is 43.8 Å². The van der Waals surface area contributed by atoms with Crippen LogP contribution in [0.5, 0.6) is 0 Å². The molecule has 0 saturated carbocycles. The van der Waals surface area contributed by atoms with E-state index in [4.69, 9.17) is 5.73 Å². The van der Waals surface area contributed by atoms with Gasteiger partial charge in [0.25, 0.3) is 0 Å². The molecular formula is C35H62N6O9S4. The van der Waals surface area contributed by atoms with Gasteiger partial charge in [0.15, 0.2) is 11.6 Å². The number of hydrogen-bond donors (Lipinski definition) is 8. The van der Waals surface area contributed by atoms with Crippen molar-refractivity contribution < 1.29 is 43.8 Å². The number of carboxylic acid groups (broad SMARTS) is 1. The molecule has 0 aromatic carbocycles. The minimum absolute atomic E-state index is 0.00333. The Morgan fingerprint density at radius 1 is 0.722 bits per heavy atom. The van der Waals surface area contributed by atoms with Crippen LogP contribution in [0.15, 0.2) is 0 Å². The smallest absolute Gasteiger partial charge is 0.305 e. The summed E-state index contributed by atoms with van der Waals surface area (Å²) in [5.41, 5.74) is 6.15. The number of carboxylic acids is 1. The summed E-state index contributed by atoms with van der Waals surface area (Å²) in [7, 11) is 4.81. The normalized spacial score (nSPS) is 26.0. The first kappa shape index (κ1) is 50.0. The van der Waals surface area contributed by atoms with Gasteiger partial charge < -0.3 is 42.5 Å². The van der Waals surface area contributed by atoms with Gasteiger partial charge in [0.2, 0.25) is 23.6 Å². The van der Waals surface area contributed by atoms with Gasteiger partial charge in [-0.1, -0.05) is 104 Å². The summed E-state index contributed by atoms with van der Waals surface area (Å²) >= 11 is 0. The van der Waals surface area contributed by atoms with Crippen molar-refractivity contribution in [1.29, 1.82) is 0 Å². The summed E-state index contributed by atoms with van der Waals surface area (Å²) in [6.45, 7) is 12.5. The second-order valence-electron chi connectivity index (χ2n) is 13.9. The molecule has 1 fully saturated rings. The Morgan fingerprint density at radius 2 is 1.24 bits per heavy atom. The Kier molecular flexibility index (Phi) is 24.8. The van der Waals surface area contributed by atoms with E-state index in [1.54, 1.807) is 20.8 Å². The van der Waals surface area contributed by atoms with E-state index in [0.717, 1.165) is 25.7 Å². The van der Waals surface area contributed by atoms with E-state index in [1.807, 2.05) is 20.8 Å². The summed E-state index contributed by atoms with van der Waals surface area (Å²) < 4.78 is 0. The van der Waals surface area contributed by atoms with Crippen LogP contribution in [0.4, 0.5) is 0 Å². The molecule has 1 unspecified atom stereocenters. The van der Waals surface area contributed by atoms with Crippen molar-refractivity contribution in [3.05, 3.63) is 0 Å². The maximum Gasteiger partial charge on any atom is 0.305 e. The summed E-state index contributed by atoms with van der Waals surface area (Å²) in [5, 5.41) is 34.1. The van der Waals surface area contributed by atoms with Crippen LogP contribution in [0, 0.1) is 11.8 Å². The van der Waals surface area contributed by atoms with Crippen molar-refractivity contribution >= 4 is 84.3 Å². The van der Waals surface area contributed by atoms with Gasteiger partial charge in [-0.05, 0) is 26.2 Å². The number of aliphatic carboxylic acids is 1. The molecule has 1 rings (SSSR count). The molecule has 0 bridgehead atoms.